The van der Waals surface area contributed by atoms with Crippen molar-refractivity contribution in [3.63, 3.8) is 0 Å². The van der Waals surface area contributed by atoms with Gasteiger partial charge in [0.15, 0.2) is 0 Å². The molecule has 0 fully saturated rings. The Morgan fingerprint density at radius 2 is 2.31 bits per heavy atom. The van der Waals surface area contributed by atoms with Gasteiger partial charge in [-0.15, -0.1) is 6.42 Å². The van der Waals surface area contributed by atoms with Gasteiger partial charge in [0, 0.05) is 11.1 Å². The number of benzene rings is 1. The molecule has 1 N–H and O–H groups in total. The average Bonchev–Trinajstić information content (AvgIpc) is 2.48. The third kappa shape index (κ3) is 2.58. The van der Waals surface area contributed by atoms with Gasteiger partial charge in [0.1, 0.15) is 0 Å². The molecule has 0 saturated heterocycles. The van der Waals surface area contributed by atoms with E-state index in [0.29, 0.717) is 12.6 Å². The summed E-state index contributed by atoms with van der Waals surface area (Å²) in [5, 5.41) is 4.21. The summed E-state index contributed by atoms with van der Waals surface area (Å²) in [7, 11) is 0. The van der Waals surface area contributed by atoms with Crippen molar-refractivity contribution in [1.29, 1.82) is 0 Å². The highest BCUT2D eigenvalue weighted by atomic mass is 35.5. The number of halogens is 1. The zero-order chi connectivity index (χ0) is 11.4. The van der Waals surface area contributed by atoms with Crippen molar-refractivity contribution in [1.82, 2.24) is 5.32 Å². The SMILES string of the molecule is C#CCNC1CCCCc2ccc(Cl)cc21. The van der Waals surface area contributed by atoms with Crippen LogP contribution in [0.15, 0.2) is 18.2 Å². The van der Waals surface area contributed by atoms with E-state index in [1.54, 1.807) is 0 Å². The Balaban J connectivity index is 2.28. The molecule has 0 radical (unpaired) electrons. The second-order valence-electron chi connectivity index (χ2n) is 4.23. The van der Waals surface area contributed by atoms with E-state index >= 15 is 0 Å². The minimum absolute atomic E-state index is 0.368. The summed E-state index contributed by atoms with van der Waals surface area (Å²) >= 11 is 6.06. The van der Waals surface area contributed by atoms with Crippen LogP contribution in [0.2, 0.25) is 5.02 Å². The van der Waals surface area contributed by atoms with Crippen LogP contribution in [0, 0.1) is 12.3 Å². The predicted octanol–water partition coefficient (Wildman–Crippen LogP) is 3.33. The van der Waals surface area contributed by atoms with Gasteiger partial charge in [-0.1, -0.05) is 30.0 Å². The van der Waals surface area contributed by atoms with E-state index in [1.807, 2.05) is 6.07 Å². The minimum atomic E-state index is 0.368. The number of hydrogen-bond acceptors (Lipinski definition) is 1. The monoisotopic (exact) mass is 233 g/mol. The molecule has 0 bridgehead atoms. The lowest BCUT2D eigenvalue weighted by atomic mass is 9.99. The van der Waals surface area contributed by atoms with Crippen LogP contribution in [0.25, 0.3) is 0 Å². The lowest BCUT2D eigenvalue weighted by Crippen LogP contribution is -2.21. The molecule has 1 unspecified atom stereocenters. The summed E-state index contributed by atoms with van der Waals surface area (Å²) in [6.45, 7) is 0.622. The van der Waals surface area contributed by atoms with Crippen molar-refractivity contribution in [3.8, 4) is 12.3 Å². The van der Waals surface area contributed by atoms with Crippen molar-refractivity contribution in [2.24, 2.45) is 0 Å². The standard InChI is InChI=1S/C14H16ClN/c1-2-9-16-14-6-4-3-5-11-7-8-12(15)10-13(11)14/h1,7-8,10,14,16H,3-6,9H2. The molecule has 1 aromatic rings. The fourth-order valence-corrected chi connectivity index (χ4v) is 2.51. The van der Waals surface area contributed by atoms with Crippen molar-refractivity contribution in [2.45, 2.75) is 31.7 Å². The van der Waals surface area contributed by atoms with Crippen LogP contribution in [0.1, 0.15) is 36.4 Å². The molecule has 1 nitrogen and oxygen atoms in total. The lowest BCUT2D eigenvalue weighted by Gasteiger charge is -2.18. The maximum Gasteiger partial charge on any atom is 0.0578 e. The van der Waals surface area contributed by atoms with Crippen molar-refractivity contribution in [2.75, 3.05) is 6.54 Å². The average molecular weight is 234 g/mol. The number of hydrogen-bond donors (Lipinski definition) is 1. The highest BCUT2D eigenvalue weighted by molar-refractivity contribution is 6.30. The molecule has 1 aliphatic rings. The third-order valence-electron chi connectivity index (χ3n) is 3.12. The lowest BCUT2D eigenvalue weighted by molar-refractivity contribution is 0.517. The Morgan fingerprint density at radius 3 is 3.12 bits per heavy atom. The first kappa shape index (κ1) is 11.5. The van der Waals surface area contributed by atoms with Crippen LogP contribution >= 0.6 is 11.6 Å². The van der Waals surface area contributed by atoms with Gasteiger partial charge >= 0.3 is 0 Å². The topological polar surface area (TPSA) is 12.0 Å². The first-order chi connectivity index (χ1) is 7.81. The van der Waals surface area contributed by atoms with Crippen molar-refractivity contribution < 1.29 is 0 Å². The van der Waals surface area contributed by atoms with Crippen LogP contribution in [-0.4, -0.2) is 6.54 Å². The fraction of sp³-hybridized carbons (Fsp3) is 0.429. The molecule has 0 saturated carbocycles. The molecular formula is C14H16ClN. The first-order valence-corrected chi connectivity index (χ1v) is 6.14. The van der Waals surface area contributed by atoms with Crippen molar-refractivity contribution >= 4 is 11.6 Å². The van der Waals surface area contributed by atoms with Gasteiger partial charge in [-0.05, 0) is 42.5 Å². The van der Waals surface area contributed by atoms with E-state index in [0.717, 1.165) is 17.9 Å². The number of nitrogens with one attached hydrogen (secondary N) is 1. The number of rotatable bonds is 2. The van der Waals surface area contributed by atoms with Gasteiger partial charge < -0.3 is 0 Å². The molecule has 1 aromatic carbocycles. The summed E-state index contributed by atoms with van der Waals surface area (Å²) in [5.74, 6) is 2.64. The number of fused-ring (bicyclic) bond motifs is 1. The number of terminal acetylenes is 1. The van der Waals surface area contributed by atoms with E-state index in [-0.39, 0.29) is 0 Å². The Hall–Kier alpha value is -0.970. The molecule has 1 aliphatic carbocycles. The Labute approximate surface area is 102 Å². The summed E-state index contributed by atoms with van der Waals surface area (Å²) < 4.78 is 0. The molecule has 0 aromatic heterocycles. The molecule has 2 heteroatoms. The van der Waals surface area contributed by atoms with Gasteiger partial charge in [-0.25, -0.2) is 0 Å². The predicted molar refractivity (Wildman–Crippen MR) is 68.6 cm³/mol. The Kier molecular flexibility index (Phi) is 3.88. The summed E-state index contributed by atoms with van der Waals surface area (Å²) in [4.78, 5) is 0. The molecule has 0 aliphatic heterocycles. The molecule has 0 heterocycles. The van der Waals surface area contributed by atoms with Gasteiger partial charge in [0.2, 0.25) is 0 Å². The first-order valence-electron chi connectivity index (χ1n) is 5.76. The normalized spacial score (nSPS) is 19.6. The van der Waals surface area contributed by atoms with E-state index in [2.05, 4.69) is 23.4 Å². The van der Waals surface area contributed by atoms with Gasteiger partial charge in [-0.3, -0.25) is 5.32 Å². The van der Waals surface area contributed by atoms with Gasteiger partial charge in [0.25, 0.3) is 0 Å². The summed E-state index contributed by atoms with van der Waals surface area (Å²) in [6, 6.07) is 6.57. The summed E-state index contributed by atoms with van der Waals surface area (Å²) in [6.07, 6.45) is 10.1. The molecule has 1 atom stereocenters. The van der Waals surface area contributed by atoms with Crippen LogP contribution in [0.4, 0.5) is 0 Å². The second kappa shape index (κ2) is 5.39. The van der Waals surface area contributed by atoms with E-state index in [4.69, 9.17) is 18.0 Å². The molecule has 0 amide bonds. The number of aryl methyl sites for hydroxylation is 1. The quantitative estimate of drug-likeness (QED) is 0.610. The van der Waals surface area contributed by atoms with E-state index in [9.17, 15) is 0 Å². The smallest absolute Gasteiger partial charge is 0.0578 e. The fourth-order valence-electron chi connectivity index (χ4n) is 2.33. The summed E-state index contributed by atoms with van der Waals surface area (Å²) in [5.41, 5.74) is 2.75. The second-order valence-corrected chi connectivity index (χ2v) is 4.66. The minimum Gasteiger partial charge on any atom is -0.299 e. The Bertz CT molecular complexity index is 406. The van der Waals surface area contributed by atoms with Crippen LogP contribution in [-0.2, 0) is 6.42 Å². The van der Waals surface area contributed by atoms with Crippen LogP contribution in [0.5, 0.6) is 0 Å². The van der Waals surface area contributed by atoms with E-state index in [1.165, 1.54) is 24.0 Å². The van der Waals surface area contributed by atoms with Crippen molar-refractivity contribution in [3.05, 3.63) is 34.3 Å². The Morgan fingerprint density at radius 1 is 1.44 bits per heavy atom. The molecule has 84 valence electrons. The van der Waals surface area contributed by atoms with Gasteiger partial charge in [-0.2, -0.15) is 0 Å². The molecular weight excluding hydrogens is 218 g/mol. The zero-order valence-corrected chi connectivity index (χ0v) is 10.1. The highest BCUT2D eigenvalue weighted by Crippen LogP contribution is 2.30. The maximum atomic E-state index is 6.06. The third-order valence-corrected chi connectivity index (χ3v) is 3.36. The van der Waals surface area contributed by atoms with E-state index < -0.39 is 0 Å². The molecule has 16 heavy (non-hydrogen) atoms. The maximum absolute atomic E-state index is 6.06. The molecule has 0 spiro atoms. The molecule has 2 rings (SSSR count). The zero-order valence-electron chi connectivity index (χ0n) is 9.30. The van der Waals surface area contributed by atoms with Gasteiger partial charge in [0.05, 0.1) is 6.54 Å². The van der Waals surface area contributed by atoms with Crippen LogP contribution < -0.4 is 5.32 Å². The largest absolute Gasteiger partial charge is 0.299 e. The highest BCUT2D eigenvalue weighted by Gasteiger charge is 2.17. The van der Waals surface area contributed by atoms with Crippen LogP contribution in [0.3, 0.4) is 0 Å².